The predicted octanol–water partition coefficient (Wildman–Crippen LogP) is 5.09. The lowest BCUT2D eigenvalue weighted by Crippen LogP contribution is -2.64. The maximum absolute atomic E-state index is 11.0. The van der Waals surface area contributed by atoms with Crippen molar-refractivity contribution in [3.8, 4) is 0 Å². The van der Waals surface area contributed by atoms with Crippen molar-refractivity contribution >= 4 is 11.6 Å². The molecule has 3 fully saturated rings. The van der Waals surface area contributed by atoms with Gasteiger partial charge in [0.1, 0.15) is 5.60 Å². The van der Waals surface area contributed by atoms with Gasteiger partial charge in [-0.25, -0.2) is 13.1 Å². The molecule has 3 rings (SSSR count). The highest BCUT2D eigenvalue weighted by Gasteiger charge is 2.66. The molecule has 8 atom stereocenters. The van der Waals surface area contributed by atoms with Crippen LogP contribution in [0.25, 0.3) is 9.69 Å². The summed E-state index contributed by atoms with van der Waals surface area (Å²) in [4.78, 5) is 7.95. The molecule has 0 radical (unpaired) electrons. The smallest absolute Gasteiger partial charge is 0.255 e. The second-order valence-electron chi connectivity index (χ2n) is 10.3. The fourth-order valence-electron chi connectivity index (χ4n) is 6.29. The molecule has 0 unspecified atom stereocenters. The first-order chi connectivity index (χ1) is 12.4. The van der Waals surface area contributed by atoms with Crippen molar-refractivity contribution in [1.82, 2.24) is 0 Å². The van der Waals surface area contributed by atoms with Crippen LogP contribution >= 0.6 is 11.6 Å². The van der Waals surface area contributed by atoms with E-state index in [0.29, 0.717) is 6.42 Å². The summed E-state index contributed by atoms with van der Waals surface area (Å²) in [6.45, 7) is 25.8. The summed E-state index contributed by atoms with van der Waals surface area (Å²) in [7, 11) is 0. The zero-order valence-corrected chi connectivity index (χ0v) is 18.0. The van der Waals surface area contributed by atoms with Crippen molar-refractivity contribution in [2.75, 3.05) is 0 Å². The normalized spacial score (nSPS) is 52.3. The largest absolute Gasteiger partial charge is 0.382 e. The van der Waals surface area contributed by atoms with E-state index in [1.54, 1.807) is 6.92 Å². The Balaban J connectivity index is 2.03. The van der Waals surface area contributed by atoms with Gasteiger partial charge in [-0.05, 0) is 65.7 Å². The SMILES string of the molecule is [C-]#[N+][C@H]1[C@@H]2[C@@H](CC[C@]1(C)O)[C@](C)([N+]#[C-])CC[C@H]2[C@]1(C)CC[C@H](Cl)C(C)(C)O1. The number of hydrogen-bond donors (Lipinski definition) is 1. The molecule has 0 spiro atoms. The van der Waals surface area contributed by atoms with E-state index in [1.807, 2.05) is 0 Å². The third kappa shape index (κ3) is 3.29. The lowest BCUT2D eigenvalue weighted by molar-refractivity contribution is -0.217. The Morgan fingerprint density at radius 2 is 1.59 bits per heavy atom. The zero-order valence-electron chi connectivity index (χ0n) is 17.3. The molecule has 5 heteroatoms. The van der Waals surface area contributed by atoms with Crippen molar-refractivity contribution in [2.24, 2.45) is 17.8 Å². The van der Waals surface area contributed by atoms with Gasteiger partial charge in [0.05, 0.1) is 22.5 Å². The standard InChI is InChI=1S/C22H33ClN2O2/c1-19(2)16(23)10-13-22(5,27-19)15-8-11-20(3,25-7)14-9-12-21(4,26)18(24-6)17(14)15/h14-18,26H,8-13H2,1-5H3/t14-,15-,16+,17-,18+,20-,21+,22+/m1/s1. The van der Waals surface area contributed by atoms with Crippen LogP contribution in [-0.4, -0.2) is 38.9 Å². The Kier molecular flexibility index (Phi) is 5.13. The van der Waals surface area contributed by atoms with Crippen molar-refractivity contribution < 1.29 is 9.84 Å². The van der Waals surface area contributed by atoms with Crippen LogP contribution in [0.15, 0.2) is 0 Å². The third-order valence-electron chi connectivity index (χ3n) is 7.98. The molecule has 150 valence electrons. The third-order valence-corrected chi connectivity index (χ3v) is 8.72. The van der Waals surface area contributed by atoms with E-state index in [0.717, 1.165) is 32.1 Å². The quantitative estimate of drug-likeness (QED) is 0.498. The monoisotopic (exact) mass is 392 g/mol. The van der Waals surface area contributed by atoms with Gasteiger partial charge in [0, 0.05) is 19.3 Å². The number of hydrogen-bond acceptors (Lipinski definition) is 2. The van der Waals surface area contributed by atoms with E-state index in [-0.39, 0.29) is 28.7 Å². The summed E-state index contributed by atoms with van der Waals surface area (Å²) in [5.74, 6) is 0.267. The number of rotatable bonds is 1. The molecular weight excluding hydrogens is 360 g/mol. The van der Waals surface area contributed by atoms with Gasteiger partial charge < -0.3 is 19.5 Å². The first-order valence-electron chi connectivity index (χ1n) is 10.2. The fraction of sp³-hybridized carbons (Fsp3) is 0.909. The molecule has 0 aromatic heterocycles. The van der Waals surface area contributed by atoms with Crippen LogP contribution in [0, 0.1) is 30.9 Å². The molecular formula is C22H33ClN2O2. The second-order valence-corrected chi connectivity index (χ2v) is 10.8. The molecule has 27 heavy (non-hydrogen) atoms. The van der Waals surface area contributed by atoms with E-state index in [2.05, 4.69) is 37.4 Å². The van der Waals surface area contributed by atoms with E-state index in [1.165, 1.54) is 0 Å². The van der Waals surface area contributed by atoms with Gasteiger partial charge in [-0.3, -0.25) is 0 Å². The number of aliphatic hydroxyl groups is 1. The molecule has 4 nitrogen and oxygen atoms in total. The van der Waals surface area contributed by atoms with Gasteiger partial charge in [0.15, 0.2) is 0 Å². The van der Waals surface area contributed by atoms with Crippen LogP contribution < -0.4 is 0 Å². The number of fused-ring (bicyclic) bond motifs is 1. The van der Waals surface area contributed by atoms with Crippen LogP contribution in [0.2, 0.25) is 0 Å². The van der Waals surface area contributed by atoms with Gasteiger partial charge >= 0.3 is 0 Å². The topological polar surface area (TPSA) is 38.2 Å². The zero-order chi connectivity index (χ0) is 20.3. The Labute approximate surface area is 169 Å². The summed E-state index contributed by atoms with van der Waals surface area (Å²) in [5.41, 5.74) is -2.25. The minimum Gasteiger partial charge on any atom is -0.382 e. The van der Waals surface area contributed by atoms with E-state index in [4.69, 9.17) is 29.5 Å². The second kappa shape index (κ2) is 6.62. The number of nitrogens with zero attached hydrogens (tertiary/aromatic N) is 2. The highest BCUT2D eigenvalue weighted by molar-refractivity contribution is 6.21. The summed E-state index contributed by atoms with van der Waals surface area (Å²) < 4.78 is 6.63. The minimum atomic E-state index is -1.00. The first kappa shape index (κ1) is 20.9. The Bertz CT molecular complexity index is 679. The van der Waals surface area contributed by atoms with Crippen molar-refractivity contribution in [3.05, 3.63) is 22.8 Å². The molecule has 0 bridgehead atoms. The molecule has 2 saturated carbocycles. The molecule has 1 N–H and O–H groups in total. The first-order valence-corrected chi connectivity index (χ1v) is 10.7. The van der Waals surface area contributed by atoms with Gasteiger partial charge in [-0.1, -0.05) is 0 Å². The lowest BCUT2D eigenvalue weighted by atomic mass is 9.51. The molecule has 0 aromatic carbocycles. The molecule has 1 heterocycles. The Morgan fingerprint density at radius 1 is 0.963 bits per heavy atom. The van der Waals surface area contributed by atoms with Crippen molar-refractivity contribution in [1.29, 1.82) is 0 Å². The summed E-state index contributed by atoms with van der Waals surface area (Å²) >= 11 is 6.53. The average molecular weight is 393 g/mol. The van der Waals surface area contributed by atoms with Crippen LogP contribution in [0.1, 0.15) is 73.1 Å². The van der Waals surface area contributed by atoms with Gasteiger partial charge in [-0.2, -0.15) is 0 Å². The molecule has 1 saturated heterocycles. The van der Waals surface area contributed by atoms with E-state index >= 15 is 0 Å². The average Bonchev–Trinajstić information content (AvgIpc) is 2.57. The van der Waals surface area contributed by atoms with Crippen LogP contribution in [0.4, 0.5) is 0 Å². The lowest BCUT2D eigenvalue weighted by Gasteiger charge is -2.57. The Hall–Kier alpha value is -0.810. The molecule has 2 aliphatic carbocycles. The minimum absolute atomic E-state index is 0.0215. The summed E-state index contributed by atoms with van der Waals surface area (Å²) in [5, 5.41) is 11.0. The molecule has 0 amide bonds. The molecule has 1 aliphatic heterocycles. The van der Waals surface area contributed by atoms with Gasteiger partial charge in [0.2, 0.25) is 5.54 Å². The highest BCUT2D eigenvalue weighted by Crippen LogP contribution is 2.58. The fourth-order valence-corrected chi connectivity index (χ4v) is 6.44. The van der Waals surface area contributed by atoms with Gasteiger partial charge in [-0.15, -0.1) is 11.6 Å². The van der Waals surface area contributed by atoms with Gasteiger partial charge in [0.25, 0.3) is 6.04 Å². The molecule has 3 aliphatic rings. The maximum Gasteiger partial charge on any atom is 0.255 e. The van der Waals surface area contributed by atoms with Crippen LogP contribution in [0.3, 0.4) is 0 Å². The van der Waals surface area contributed by atoms with E-state index in [9.17, 15) is 5.11 Å². The van der Waals surface area contributed by atoms with E-state index < -0.39 is 22.8 Å². The number of ether oxygens (including phenoxy) is 1. The summed E-state index contributed by atoms with van der Waals surface area (Å²) in [6.07, 6.45) is 4.83. The Morgan fingerprint density at radius 3 is 2.15 bits per heavy atom. The highest BCUT2D eigenvalue weighted by atomic mass is 35.5. The maximum atomic E-state index is 11.0. The van der Waals surface area contributed by atoms with Crippen LogP contribution in [-0.2, 0) is 4.74 Å². The predicted molar refractivity (Wildman–Crippen MR) is 107 cm³/mol. The van der Waals surface area contributed by atoms with Crippen molar-refractivity contribution in [3.63, 3.8) is 0 Å². The number of halogens is 1. The number of alkyl halides is 1. The summed E-state index contributed by atoms with van der Waals surface area (Å²) in [6, 6.07) is -0.486. The van der Waals surface area contributed by atoms with Crippen molar-refractivity contribution in [2.45, 2.75) is 107 Å². The molecule has 0 aromatic rings. The van der Waals surface area contributed by atoms with Crippen LogP contribution in [0.5, 0.6) is 0 Å².